The Labute approximate surface area is 133 Å². The maximum absolute atomic E-state index is 6.44. The average molecular weight is 313 g/mol. The quantitative estimate of drug-likeness (QED) is 0.907. The molecule has 1 unspecified atom stereocenters. The first-order valence-electron chi connectivity index (χ1n) is 7.95. The molecular formula is C16H29ClN4. The Morgan fingerprint density at radius 1 is 1.33 bits per heavy atom. The van der Waals surface area contributed by atoms with Crippen LogP contribution in [0.1, 0.15) is 43.4 Å². The first-order valence-corrected chi connectivity index (χ1v) is 8.33. The first-order chi connectivity index (χ1) is 9.92. The Balaban J connectivity index is 2.29. The van der Waals surface area contributed by atoms with Crippen LogP contribution in [0, 0.1) is 6.92 Å². The monoisotopic (exact) mass is 312 g/mol. The van der Waals surface area contributed by atoms with E-state index >= 15 is 0 Å². The highest BCUT2D eigenvalue weighted by molar-refractivity contribution is 6.30. The summed E-state index contributed by atoms with van der Waals surface area (Å²) in [6, 6.07) is 0.396. The molecule has 1 aliphatic rings. The second-order valence-corrected chi connectivity index (χ2v) is 6.94. The topological polar surface area (TPSA) is 33.1 Å². The number of nitrogens with one attached hydrogen (secondary N) is 1. The van der Waals surface area contributed by atoms with Crippen molar-refractivity contribution in [1.29, 1.82) is 0 Å². The van der Waals surface area contributed by atoms with Crippen LogP contribution in [-0.4, -0.2) is 47.4 Å². The molecule has 5 heteroatoms. The second kappa shape index (κ2) is 6.67. The van der Waals surface area contributed by atoms with Crippen LogP contribution in [0.5, 0.6) is 0 Å². The molecule has 1 heterocycles. The normalized spacial score (nSPS) is 20.0. The van der Waals surface area contributed by atoms with Crippen LogP contribution in [0.25, 0.3) is 0 Å². The lowest BCUT2D eigenvalue weighted by Gasteiger charge is -2.48. The number of aromatic nitrogens is 2. The Hall–Kier alpha value is -0.580. The molecule has 0 amide bonds. The van der Waals surface area contributed by atoms with Gasteiger partial charge in [-0.2, -0.15) is 5.10 Å². The average Bonchev–Trinajstić information content (AvgIpc) is 2.70. The van der Waals surface area contributed by atoms with Crippen LogP contribution in [0.3, 0.4) is 0 Å². The minimum atomic E-state index is 0.221. The SMILES string of the molecule is CNC(Cc1c(C)nn(C)c1Cl)C1(N(C)C)CCCCC1. The maximum atomic E-state index is 6.44. The van der Waals surface area contributed by atoms with Gasteiger partial charge in [-0.3, -0.25) is 4.68 Å². The van der Waals surface area contributed by atoms with Gasteiger partial charge in [0.25, 0.3) is 0 Å². The largest absolute Gasteiger partial charge is 0.315 e. The number of likely N-dealkylation sites (N-methyl/N-ethyl adjacent to an activating group) is 2. The summed E-state index contributed by atoms with van der Waals surface area (Å²) in [6.07, 6.45) is 7.43. The van der Waals surface area contributed by atoms with Crippen molar-refractivity contribution in [3.05, 3.63) is 16.4 Å². The second-order valence-electron chi connectivity index (χ2n) is 6.58. The van der Waals surface area contributed by atoms with Crippen molar-refractivity contribution in [3.8, 4) is 0 Å². The zero-order valence-electron chi connectivity index (χ0n) is 14.0. The minimum Gasteiger partial charge on any atom is -0.315 e. The third kappa shape index (κ3) is 3.13. The predicted molar refractivity (Wildman–Crippen MR) is 89.0 cm³/mol. The highest BCUT2D eigenvalue weighted by Gasteiger charge is 2.41. The van der Waals surface area contributed by atoms with Gasteiger partial charge >= 0.3 is 0 Å². The highest BCUT2D eigenvalue weighted by Crippen LogP contribution is 2.37. The number of halogens is 1. The highest BCUT2D eigenvalue weighted by atomic mass is 35.5. The molecule has 0 aliphatic heterocycles. The van der Waals surface area contributed by atoms with Crippen LogP contribution in [0.2, 0.25) is 5.15 Å². The molecule has 0 aromatic carbocycles. The van der Waals surface area contributed by atoms with Gasteiger partial charge in [0.05, 0.1) is 5.69 Å². The van der Waals surface area contributed by atoms with Crippen LogP contribution in [-0.2, 0) is 13.5 Å². The lowest BCUT2D eigenvalue weighted by atomic mass is 9.73. The fourth-order valence-electron chi connectivity index (χ4n) is 3.94. The van der Waals surface area contributed by atoms with Crippen molar-refractivity contribution < 1.29 is 0 Å². The van der Waals surface area contributed by atoms with Crippen molar-refractivity contribution in [1.82, 2.24) is 20.0 Å². The van der Waals surface area contributed by atoms with E-state index in [0.717, 1.165) is 17.3 Å². The van der Waals surface area contributed by atoms with Gasteiger partial charge in [-0.05, 0) is 47.3 Å². The van der Waals surface area contributed by atoms with Gasteiger partial charge in [-0.1, -0.05) is 30.9 Å². The molecule has 0 saturated heterocycles. The molecule has 1 aliphatic carbocycles. The number of hydrogen-bond donors (Lipinski definition) is 1. The summed E-state index contributed by atoms with van der Waals surface area (Å²) < 4.78 is 1.78. The Morgan fingerprint density at radius 2 is 1.95 bits per heavy atom. The number of hydrogen-bond acceptors (Lipinski definition) is 3. The molecular weight excluding hydrogens is 284 g/mol. The number of nitrogens with zero attached hydrogens (tertiary/aromatic N) is 3. The Bertz CT molecular complexity index is 475. The van der Waals surface area contributed by atoms with Crippen LogP contribution in [0.4, 0.5) is 0 Å². The molecule has 2 rings (SSSR count). The lowest BCUT2D eigenvalue weighted by Crippen LogP contribution is -2.60. The van der Waals surface area contributed by atoms with Gasteiger partial charge in [0, 0.05) is 24.2 Å². The molecule has 0 bridgehead atoms. The Morgan fingerprint density at radius 3 is 2.38 bits per heavy atom. The summed E-state index contributed by atoms with van der Waals surface area (Å²) in [5.41, 5.74) is 2.45. The van der Waals surface area contributed by atoms with E-state index in [0.29, 0.717) is 6.04 Å². The molecule has 1 saturated carbocycles. The first kappa shape index (κ1) is 16.8. The molecule has 21 heavy (non-hydrogen) atoms. The smallest absolute Gasteiger partial charge is 0.130 e. The van der Waals surface area contributed by atoms with E-state index in [1.54, 1.807) is 4.68 Å². The Kier molecular flexibility index (Phi) is 5.33. The summed E-state index contributed by atoms with van der Waals surface area (Å²) in [6.45, 7) is 2.05. The van der Waals surface area contributed by atoms with Crippen LogP contribution in [0.15, 0.2) is 0 Å². The van der Waals surface area contributed by atoms with Crippen molar-refractivity contribution >= 4 is 11.6 Å². The molecule has 1 N–H and O–H groups in total. The number of rotatable bonds is 5. The summed E-state index contributed by atoms with van der Waals surface area (Å²) >= 11 is 6.44. The lowest BCUT2D eigenvalue weighted by molar-refractivity contribution is 0.0598. The molecule has 1 aromatic heterocycles. The van der Waals surface area contributed by atoms with Crippen molar-refractivity contribution in [2.75, 3.05) is 21.1 Å². The third-order valence-electron chi connectivity index (χ3n) is 5.29. The molecule has 4 nitrogen and oxygen atoms in total. The minimum absolute atomic E-state index is 0.221. The van der Waals surface area contributed by atoms with Crippen molar-refractivity contribution in [2.24, 2.45) is 7.05 Å². The summed E-state index contributed by atoms with van der Waals surface area (Å²) in [5, 5.41) is 8.80. The van der Waals surface area contributed by atoms with E-state index in [4.69, 9.17) is 11.6 Å². The van der Waals surface area contributed by atoms with Gasteiger partial charge in [0.2, 0.25) is 0 Å². The van der Waals surface area contributed by atoms with E-state index in [1.807, 2.05) is 7.05 Å². The third-order valence-corrected chi connectivity index (χ3v) is 5.76. The van der Waals surface area contributed by atoms with E-state index < -0.39 is 0 Å². The van der Waals surface area contributed by atoms with Crippen LogP contribution >= 0.6 is 11.6 Å². The molecule has 1 aromatic rings. The molecule has 1 atom stereocenters. The van der Waals surface area contributed by atoms with E-state index in [-0.39, 0.29) is 5.54 Å². The molecule has 0 radical (unpaired) electrons. The predicted octanol–water partition coefficient (Wildman–Crippen LogP) is 2.78. The standard InChI is InChI=1S/C16H29ClN4/c1-12-13(15(17)21(5)19-12)11-14(18-2)16(20(3)4)9-7-6-8-10-16/h14,18H,6-11H2,1-5H3. The van der Waals surface area contributed by atoms with Crippen LogP contribution < -0.4 is 5.32 Å². The zero-order valence-corrected chi connectivity index (χ0v) is 14.8. The van der Waals surface area contributed by atoms with Crippen molar-refractivity contribution in [2.45, 2.75) is 57.0 Å². The van der Waals surface area contributed by atoms with Crippen molar-refractivity contribution in [3.63, 3.8) is 0 Å². The van der Waals surface area contributed by atoms with Gasteiger partial charge in [-0.25, -0.2) is 0 Å². The van der Waals surface area contributed by atoms with Gasteiger partial charge in [0.1, 0.15) is 5.15 Å². The van der Waals surface area contributed by atoms with E-state index in [1.165, 1.54) is 37.7 Å². The van der Waals surface area contributed by atoms with Gasteiger partial charge in [0.15, 0.2) is 0 Å². The van der Waals surface area contributed by atoms with E-state index in [2.05, 4.69) is 43.4 Å². The van der Waals surface area contributed by atoms with Gasteiger partial charge < -0.3 is 10.2 Å². The molecule has 1 fully saturated rings. The fraction of sp³-hybridized carbons (Fsp3) is 0.812. The molecule has 120 valence electrons. The maximum Gasteiger partial charge on any atom is 0.130 e. The fourth-order valence-corrected chi connectivity index (χ4v) is 4.19. The summed E-state index contributed by atoms with van der Waals surface area (Å²) in [5.74, 6) is 0. The summed E-state index contributed by atoms with van der Waals surface area (Å²) in [7, 11) is 8.42. The number of aryl methyl sites for hydroxylation is 2. The summed E-state index contributed by atoms with van der Waals surface area (Å²) in [4.78, 5) is 2.42. The molecule has 0 spiro atoms. The van der Waals surface area contributed by atoms with E-state index in [9.17, 15) is 0 Å². The zero-order chi connectivity index (χ0) is 15.6. The van der Waals surface area contributed by atoms with Gasteiger partial charge in [-0.15, -0.1) is 0 Å².